The second kappa shape index (κ2) is 6.39. The van der Waals surface area contributed by atoms with Crippen LogP contribution in [-0.2, 0) is 6.54 Å². The highest BCUT2D eigenvalue weighted by atomic mass is 16.5. The van der Waals surface area contributed by atoms with Crippen LogP contribution in [0.1, 0.15) is 24.2 Å². The standard InChI is InChI=1S/C16H19NO3/c1-3-20-14-6-4-13(5-7-14)15(18)11-17-9-8-12(2)10-16(17)19/h4-10,15,18H,3,11H2,1-2H3. The second-order valence-corrected chi connectivity index (χ2v) is 4.71. The number of pyridine rings is 1. The van der Waals surface area contributed by atoms with Crippen LogP contribution in [0.3, 0.4) is 0 Å². The highest BCUT2D eigenvalue weighted by molar-refractivity contribution is 5.28. The third-order valence-corrected chi connectivity index (χ3v) is 3.10. The first-order chi connectivity index (χ1) is 9.60. The SMILES string of the molecule is CCOc1ccc(C(O)Cn2ccc(C)cc2=O)cc1. The van der Waals surface area contributed by atoms with Crippen molar-refractivity contribution in [1.82, 2.24) is 4.57 Å². The summed E-state index contributed by atoms with van der Waals surface area (Å²) in [4.78, 5) is 11.8. The highest BCUT2D eigenvalue weighted by Gasteiger charge is 2.09. The molecule has 4 nitrogen and oxygen atoms in total. The van der Waals surface area contributed by atoms with Crippen LogP contribution < -0.4 is 10.3 Å². The lowest BCUT2D eigenvalue weighted by Crippen LogP contribution is -2.22. The number of rotatable bonds is 5. The molecule has 0 spiro atoms. The average molecular weight is 273 g/mol. The van der Waals surface area contributed by atoms with Crippen LogP contribution in [0.4, 0.5) is 0 Å². The minimum absolute atomic E-state index is 0.102. The molecule has 1 heterocycles. The first-order valence-corrected chi connectivity index (χ1v) is 6.68. The molecule has 1 aromatic heterocycles. The van der Waals surface area contributed by atoms with Gasteiger partial charge in [0.1, 0.15) is 5.75 Å². The molecule has 2 rings (SSSR count). The van der Waals surface area contributed by atoms with Gasteiger partial charge in [0.2, 0.25) is 0 Å². The first-order valence-electron chi connectivity index (χ1n) is 6.68. The first kappa shape index (κ1) is 14.3. The smallest absolute Gasteiger partial charge is 0.250 e. The van der Waals surface area contributed by atoms with Gasteiger partial charge in [0.05, 0.1) is 19.3 Å². The van der Waals surface area contributed by atoms with E-state index in [2.05, 4.69) is 0 Å². The van der Waals surface area contributed by atoms with E-state index < -0.39 is 6.10 Å². The summed E-state index contributed by atoms with van der Waals surface area (Å²) in [5.74, 6) is 0.774. The van der Waals surface area contributed by atoms with E-state index in [1.54, 1.807) is 12.3 Å². The summed E-state index contributed by atoms with van der Waals surface area (Å²) in [7, 11) is 0. The molecule has 106 valence electrons. The Morgan fingerprint density at radius 2 is 1.95 bits per heavy atom. The molecule has 20 heavy (non-hydrogen) atoms. The monoisotopic (exact) mass is 273 g/mol. The molecule has 0 fully saturated rings. The van der Waals surface area contributed by atoms with Crippen LogP contribution in [-0.4, -0.2) is 16.3 Å². The molecule has 0 aliphatic heterocycles. The van der Waals surface area contributed by atoms with E-state index in [1.165, 1.54) is 4.57 Å². The normalized spacial score (nSPS) is 12.2. The van der Waals surface area contributed by atoms with Crippen LogP contribution in [0.15, 0.2) is 47.4 Å². The maximum atomic E-state index is 11.8. The Hall–Kier alpha value is -2.07. The van der Waals surface area contributed by atoms with Gasteiger partial charge in [-0.05, 0) is 43.2 Å². The summed E-state index contributed by atoms with van der Waals surface area (Å²) in [6.45, 7) is 4.65. The van der Waals surface area contributed by atoms with Crippen molar-refractivity contribution in [3.8, 4) is 5.75 Å². The van der Waals surface area contributed by atoms with E-state index >= 15 is 0 Å². The summed E-state index contributed by atoms with van der Waals surface area (Å²) in [5.41, 5.74) is 1.58. The summed E-state index contributed by atoms with van der Waals surface area (Å²) in [5, 5.41) is 10.2. The third-order valence-electron chi connectivity index (χ3n) is 3.10. The molecule has 0 radical (unpaired) electrons. The molecule has 2 aromatic rings. The minimum atomic E-state index is -0.717. The lowest BCUT2D eigenvalue weighted by molar-refractivity contribution is 0.155. The van der Waals surface area contributed by atoms with E-state index in [0.29, 0.717) is 6.61 Å². The summed E-state index contributed by atoms with van der Waals surface area (Å²) in [6.07, 6.45) is 0.987. The van der Waals surface area contributed by atoms with Crippen molar-refractivity contribution >= 4 is 0 Å². The minimum Gasteiger partial charge on any atom is -0.494 e. The Morgan fingerprint density at radius 1 is 1.25 bits per heavy atom. The highest BCUT2D eigenvalue weighted by Crippen LogP contribution is 2.18. The van der Waals surface area contributed by atoms with E-state index in [1.807, 2.05) is 44.2 Å². The Morgan fingerprint density at radius 3 is 2.55 bits per heavy atom. The third kappa shape index (κ3) is 3.48. The van der Waals surface area contributed by atoms with Crippen molar-refractivity contribution in [2.45, 2.75) is 26.5 Å². The van der Waals surface area contributed by atoms with E-state index in [9.17, 15) is 9.90 Å². The van der Waals surface area contributed by atoms with Gasteiger partial charge in [-0.25, -0.2) is 0 Å². The molecule has 1 atom stereocenters. The Bertz CT molecular complexity index is 616. The molecule has 4 heteroatoms. The number of benzene rings is 1. The van der Waals surface area contributed by atoms with Gasteiger partial charge in [-0.1, -0.05) is 12.1 Å². The number of ether oxygens (including phenoxy) is 1. The average Bonchev–Trinajstić information content (AvgIpc) is 2.43. The van der Waals surface area contributed by atoms with Gasteiger partial charge in [0.15, 0.2) is 0 Å². The number of nitrogens with zero attached hydrogens (tertiary/aromatic N) is 1. The van der Waals surface area contributed by atoms with Crippen molar-refractivity contribution in [1.29, 1.82) is 0 Å². The van der Waals surface area contributed by atoms with Crippen LogP contribution in [0.25, 0.3) is 0 Å². The van der Waals surface area contributed by atoms with Crippen molar-refractivity contribution in [3.05, 3.63) is 64.1 Å². The fourth-order valence-electron chi connectivity index (χ4n) is 2.00. The number of hydrogen-bond acceptors (Lipinski definition) is 3. The number of hydrogen-bond donors (Lipinski definition) is 1. The zero-order valence-electron chi connectivity index (χ0n) is 11.7. The maximum Gasteiger partial charge on any atom is 0.250 e. The Balaban J connectivity index is 2.11. The number of aliphatic hydroxyl groups is 1. The maximum absolute atomic E-state index is 11.8. The molecule has 1 aromatic carbocycles. The molecular formula is C16H19NO3. The topological polar surface area (TPSA) is 51.5 Å². The van der Waals surface area contributed by atoms with Crippen molar-refractivity contribution in [2.24, 2.45) is 0 Å². The van der Waals surface area contributed by atoms with Gasteiger partial charge in [0.25, 0.3) is 5.56 Å². The second-order valence-electron chi connectivity index (χ2n) is 4.71. The largest absolute Gasteiger partial charge is 0.494 e. The molecule has 0 saturated carbocycles. The molecule has 0 bridgehead atoms. The van der Waals surface area contributed by atoms with E-state index in [0.717, 1.165) is 16.9 Å². The van der Waals surface area contributed by atoms with Crippen molar-refractivity contribution < 1.29 is 9.84 Å². The van der Waals surface area contributed by atoms with Crippen LogP contribution in [0.2, 0.25) is 0 Å². The predicted octanol–water partition coefficient (Wildman–Crippen LogP) is 2.29. The predicted molar refractivity (Wildman–Crippen MR) is 78.0 cm³/mol. The van der Waals surface area contributed by atoms with Crippen LogP contribution >= 0.6 is 0 Å². The fourth-order valence-corrected chi connectivity index (χ4v) is 2.00. The Labute approximate surface area is 118 Å². The lowest BCUT2D eigenvalue weighted by Gasteiger charge is -2.13. The molecule has 0 amide bonds. The number of aliphatic hydroxyl groups excluding tert-OH is 1. The van der Waals surface area contributed by atoms with Crippen LogP contribution in [0.5, 0.6) is 5.75 Å². The van der Waals surface area contributed by atoms with Gasteiger partial charge < -0.3 is 14.4 Å². The molecular weight excluding hydrogens is 254 g/mol. The molecule has 0 aliphatic rings. The molecule has 0 saturated heterocycles. The van der Waals surface area contributed by atoms with Gasteiger partial charge >= 0.3 is 0 Å². The van der Waals surface area contributed by atoms with Gasteiger partial charge in [-0.3, -0.25) is 4.79 Å². The van der Waals surface area contributed by atoms with Gasteiger partial charge in [-0.2, -0.15) is 0 Å². The summed E-state index contributed by atoms with van der Waals surface area (Å²) >= 11 is 0. The molecule has 0 aliphatic carbocycles. The summed E-state index contributed by atoms with van der Waals surface area (Å²) < 4.78 is 6.86. The zero-order chi connectivity index (χ0) is 14.5. The quantitative estimate of drug-likeness (QED) is 0.909. The van der Waals surface area contributed by atoms with Crippen molar-refractivity contribution in [2.75, 3.05) is 6.61 Å². The lowest BCUT2D eigenvalue weighted by atomic mass is 10.1. The van der Waals surface area contributed by atoms with Gasteiger partial charge in [-0.15, -0.1) is 0 Å². The Kier molecular flexibility index (Phi) is 4.58. The number of aryl methyl sites for hydroxylation is 1. The zero-order valence-corrected chi connectivity index (χ0v) is 11.7. The molecule has 1 unspecified atom stereocenters. The number of aromatic nitrogens is 1. The van der Waals surface area contributed by atoms with E-state index in [-0.39, 0.29) is 12.1 Å². The summed E-state index contributed by atoms with van der Waals surface area (Å²) in [6, 6.07) is 10.7. The van der Waals surface area contributed by atoms with Crippen molar-refractivity contribution in [3.63, 3.8) is 0 Å². The molecule has 1 N–H and O–H groups in total. The van der Waals surface area contributed by atoms with E-state index in [4.69, 9.17) is 4.74 Å². The van der Waals surface area contributed by atoms with Gasteiger partial charge in [0, 0.05) is 12.3 Å². The fraction of sp³-hybridized carbons (Fsp3) is 0.312. The van der Waals surface area contributed by atoms with Crippen LogP contribution in [0, 0.1) is 6.92 Å².